The maximum absolute atomic E-state index is 9.16. The van der Waals surface area contributed by atoms with Crippen LogP contribution in [0, 0.1) is 18.3 Å². The number of nitrogens with one attached hydrogen (secondary N) is 1. The summed E-state index contributed by atoms with van der Waals surface area (Å²) in [5.74, 6) is 1.40. The number of aromatic nitrogens is 2. The molecule has 2 aromatic rings. The van der Waals surface area contributed by atoms with Crippen LogP contribution in [0.3, 0.4) is 0 Å². The standard InChI is InChI=1S/C13H13BrN4O/c1-8-10(7-15)13(18(2)17-8)16-9-4-5-11(14)12(6-9)19-3/h4-6,16H,1-3H3. The first kappa shape index (κ1) is 13.4. The zero-order valence-corrected chi connectivity index (χ0v) is 12.4. The molecule has 0 saturated carbocycles. The fourth-order valence-electron chi connectivity index (χ4n) is 1.81. The van der Waals surface area contributed by atoms with Crippen molar-refractivity contribution in [2.45, 2.75) is 6.92 Å². The summed E-state index contributed by atoms with van der Waals surface area (Å²) >= 11 is 3.40. The summed E-state index contributed by atoms with van der Waals surface area (Å²) in [6, 6.07) is 7.80. The SMILES string of the molecule is COc1cc(Nc2c(C#N)c(C)nn2C)ccc1Br. The van der Waals surface area contributed by atoms with Crippen LogP contribution < -0.4 is 10.1 Å². The van der Waals surface area contributed by atoms with E-state index in [0.29, 0.717) is 17.1 Å². The van der Waals surface area contributed by atoms with E-state index in [-0.39, 0.29) is 0 Å². The Morgan fingerprint density at radius 1 is 1.47 bits per heavy atom. The van der Waals surface area contributed by atoms with Crippen LogP contribution >= 0.6 is 15.9 Å². The predicted molar refractivity (Wildman–Crippen MR) is 76.6 cm³/mol. The lowest BCUT2D eigenvalue weighted by Gasteiger charge is -2.10. The Morgan fingerprint density at radius 3 is 2.84 bits per heavy atom. The lowest BCUT2D eigenvalue weighted by molar-refractivity contribution is 0.412. The molecular formula is C13H13BrN4O. The maximum atomic E-state index is 9.16. The van der Waals surface area contributed by atoms with E-state index in [2.05, 4.69) is 32.4 Å². The smallest absolute Gasteiger partial charge is 0.146 e. The van der Waals surface area contributed by atoms with Crippen LogP contribution in [0.25, 0.3) is 0 Å². The Hall–Kier alpha value is -2.00. The van der Waals surface area contributed by atoms with Crippen LogP contribution in [0.4, 0.5) is 11.5 Å². The highest BCUT2D eigenvalue weighted by molar-refractivity contribution is 9.10. The van der Waals surface area contributed by atoms with Gasteiger partial charge in [0.15, 0.2) is 0 Å². The van der Waals surface area contributed by atoms with E-state index < -0.39 is 0 Å². The van der Waals surface area contributed by atoms with Gasteiger partial charge in [0, 0.05) is 18.8 Å². The molecule has 0 radical (unpaired) electrons. The number of nitrogens with zero attached hydrogens (tertiary/aromatic N) is 3. The Labute approximate surface area is 119 Å². The van der Waals surface area contributed by atoms with Crippen molar-refractivity contribution >= 4 is 27.4 Å². The molecule has 0 aliphatic heterocycles. The van der Waals surface area contributed by atoms with Crippen LogP contribution in [-0.2, 0) is 7.05 Å². The van der Waals surface area contributed by atoms with Gasteiger partial charge in [-0.3, -0.25) is 4.68 Å². The lowest BCUT2D eigenvalue weighted by atomic mass is 10.2. The summed E-state index contributed by atoms with van der Waals surface area (Å²) in [7, 11) is 3.41. The van der Waals surface area contributed by atoms with Crippen molar-refractivity contribution in [1.29, 1.82) is 5.26 Å². The van der Waals surface area contributed by atoms with Gasteiger partial charge >= 0.3 is 0 Å². The molecule has 0 atom stereocenters. The van der Waals surface area contributed by atoms with Crippen molar-refractivity contribution in [3.8, 4) is 11.8 Å². The number of aryl methyl sites for hydroxylation is 2. The summed E-state index contributed by atoms with van der Waals surface area (Å²) in [5.41, 5.74) is 2.08. The Kier molecular flexibility index (Phi) is 3.76. The van der Waals surface area contributed by atoms with Gasteiger partial charge in [-0.1, -0.05) is 0 Å². The molecule has 0 fully saturated rings. The van der Waals surface area contributed by atoms with E-state index in [4.69, 9.17) is 10.00 Å². The molecule has 2 rings (SSSR count). The second kappa shape index (κ2) is 5.33. The Balaban J connectivity index is 2.39. The number of anilines is 2. The molecule has 19 heavy (non-hydrogen) atoms. The third kappa shape index (κ3) is 2.56. The van der Waals surface area contributed by atoms with Crippen molar-refractivity contribution in [2.24, 2.45) is 7.05 Å². The Morgan fingerprint density at radius 2 is 2.21 bits per heavy atom. The van der Waals surface area contributed by atoms with E-state index >= 15 is 0 Å². The number of ether oxygens (including phenoxy) is 1. The molecule has 0 aliphatic carbocycles. The van der Waals surface area contributed by atoms with E-state index in [1.807, 2.05) is 25.1 Å². The molecule has 0 unspecified atom stereocenters. The van der Waals surface area contributed by atoms with E-state index in [0.717, 1.165) is 15.9 Å². The topological polar surface area (TPSA) is 62.9 Å². The fraction of sp³-hybridized carbons (Fsp3) is 0.231. The zero-order chi connectivity index (χ0) is 14.0. The first-order chi connectivity index (χ1) is 9.06. The average molecular weight is 321 g/mol. The Bertz CT molecular complexity index is 657. The third-order valence-corrected chi connectivity index (χ3v) is 3.40. The average Bonchev–Trinajstić information content (AvgIpc) is 2.66. The first-order valence-corrected chi connectivity index (χ1v) is 6.40. The van der Waals surface area contributed by atoms with Crippen LogP contribution in [0.2, 0.25) is 0 Å². The number of hydrogen-bond donors (Lipinski definition) is 1. The van der Waals surface area contributed by atoms with Gasteiger partial charge in [-0.15, -0.1) is 0 Å². The van der Waals surface area contributed by atoms with Crippen molar-refractivity contribution in [1.82, 2.24) is 9.78 Å². The molecule has 1 aromatic heterocycles. The minimum absolute atomic E-state index is 0.546. The van der Waals surface area contributed by atoms with Gasteiger partial charge in [0.25, 0.3) is 0 Å². The number of nitriles is 1. The van der Waals surface area contributed by atoms with Gasteiger partial charge < -0.3 is 10.1 Å². The molecule has 0 saturated heterocycles. The van der Waals surface area contributed by atoms with Crippen LogP contribution in [0.5, 0.6) is 5.75 Å². The normalized spacial score (nSPS) is 10.1. The van der Waals surface area contributed by atoms with E-state index in [9.17, 15) is 0 Å². The van der Waals surface area contributed by atoms with Crippen molar-refractivity contribution in [3.05, 3.63) is 33.9 Å². The number of methoxy groups -OCH3 is 1. The number of hydrogen-bond acceptors (Lipinski definition) is 4. The van der Waals surface area contributed by atoms with Crippen LogP contribution in [-0.4, -0.2) is 16.9 Å². The molecule has 0 bridgehead atoms. The number of rotatable bonds is 3. The van der Waals surface area contributed by atoms with Gasteiger partial charge in [0.05, 0.1) is 17.3 Å². The third-order valence-electron chi connectivity index (χ3n) is 2.75. The summed E-state index contributed by atoms with van der Waals surface area (Å²) in [5, 5.41) is 16.6. The molecule has 98 valence electrons. The molecule has 0 amide bonds. The molecule has 0 aliphatic rings. The summed E-state index contributed by atoms with van der Waals surface area (Å²) < 4.78 is 7.77. The minimum atomic E-state index is 0.546. The van der Waals surface area contributed by atoms with Crippen molar-refractivity contribution in [3.63, 3.8) is 0 Å². The highest BCUT2D eigenvalue weighted by Gasteiger charge is 2.13. The minimum Gasteiger partial charge on any atom is -0.495 e. The molecule has 1 N–H and O–H groups in total. The number of benzene rings is 1. The molecule has 1 heterocycles. The van der Waals surface area contributed by atoms with Gasteiger partial charge in [-0.2, -0.15) is 10.4 Å². The fourth-order valence-corrected chi connectivity index (χ4v) is 2.22. The largest absolute Gasteiger partial charge is 0.495 e. The maximum Gasteiger partial charge on any atom is 0.146 e. The second-order valence-electron chi connectivity index (χ2n) is 4.02. The van der Waals surface area contributed by atoms with Gasteiger partial charge in [0.2, 0.25) is 0 Å². The summed E-state index contributed by atoms with van der Waals surface area (Å²) in [6.45, 7) is 1.81. The predicted octanol–water partition coefficient (Wildman–Crippen LogP) is 3.11. The summed E-state index contributed by atoms with van der Waals surface area (Å²) in [6.07, 6.45) is 0. The highest BCUT2D eigenvalue weighted by atomic mass is 79.9. The van der Waals surface area contributed by atoms with E-state index in [1.165, 1.54) is 0 Å². The van der Waals surface area contributed by atoms with E-state index in [1.54, 1.807) is 18.8 Å². The molecule has 6 heteroatoms. The molecule has 0 spiro atoms. The van der Waals surface area contributed by atoms with Crippen molar-refractivity contribution in [2.75, 3.05) is 12.4 Å². The van der Waals surface area contributed by atoms with Crippen LogP contribution in [0.1, 0.15) is 11.3 Å². The van der Waals surface area contributed by atoms with Gasteiger partial charge in [-0.25, -0.2) is 0 Å². The monoisotopic (exact) mass is 320 g/mol. The quantitative estimate of drug-likeness (QED) is 0.943. The van der Waals surface area contributed by atoms with Crippen molar-refractivity contribution < 1.29 is 4.74 Å². The zero-order valence-electron chi connectivity index (χ0n) is 10.9. The highest BCUT2D eigenvalue weighted by Crippen LogP contribution is 2.30. The number of halogens is 1. The lowest BCUT2D eigenvalue weighted by Crippen LogP contribution is -2.00. The van der Waals surface area contributed by atoms with Gasteiger partial charge in [0.1, 0.15) is 23.2 Å². The summed E-state index contributed by atoms with van der Waals surface area (Å²) in [4.78, 5) is 0. The first-order valence-electron chi connectivity index (χ1n) is 5.61. The molecule has 1 aromatic carbocycles. The second-order valence-corrected chi connectivity index (χ2v) is 4.87. The van der Waals surface area contributed by atoms with Gasteiger partial charge in [-0.05, 0) is 35.0 Å². The van der Waals surface area contributed by atoms with Crippen LogP contribution in [0.15, 0.2) is 22.7 Å². The molecular weight excluding hydrogens is 308 g/mol. The molecule has 5 nitrogen and oxygen atoms in total.